The molecule has 0 radical (unpaired) electrons. The number of urea groups is 1. The minimum Gasteiger partial charge on any atom is -0.465 e. The fourth-order valence-corrected chi connectivity index (χ4v) is 1.60. The molecule has 1 aromatic rings. The summed E-state index contributed by atoms with van der Waals surface area (Å²) < 4.78 is 5.12. The molecule has 0 unspecified atom stereocenters. The fraction of sp³-hybridized carbons (Fsp3) is 0.273. The molecule has 0 saturated heterocycles. The molecule has 0 heterocycles. The zero-order valence-electron chi connectivity index (χ0n) is 10.5. The van der Waals surface area contributed by atoms with Crippen molar-refractivity contribution in [3.8, 4) is 0 Å². The number of non-ortho nitro benzene ring substituents is 1. The number of carbonyl (C=O) groups excluding carboxylic acids is 2. The SMILES string of the molecule is CCOC(=O)CNC(=O)Nc1cc([N+](=O)[O-])ccc1Br. The second-order valence-electron chi connectivity index (χ2n) is 3.53. The first-order valence-electron chi connectivity index (χ1n) is 5.58. The van der Waals surface area contributed by atoms with Crippen LogP contribution in [-0.4, -0.2) is 30.1 Å². The second-order valence-corrected chi connectivity index (χ2v) is 4.39. The summed E-state index contributed by atoms with van der Waals surface area (Å²) in [6, 6.07) is 3.28. The number of anilines is 1. The van der Waals surface area contributed by atoms with Crippen LogP contribution in [0.15, 0.2) is 22.7 Å². The van der Waals surface area contributed by atoms with Gasteiger partial charge in [0.05, 0.1) is 17.2 Å². The first-order chi connectivity index (χ1) is 9.43. The number of nitrogens with zero attached hydrogens (tertiary/aromatic N) is 1. The van der Waals surface area contributed by atoms with Gasteiger partial charge in [0.1, 0.15) is 6.54 Å². The highest BCUT2D eigenvalue weighted by Crippen LogP contribution is 2.26. The Labute approximate surface area is 122 Å². The maximum Gasteiger partial charge on any atom is 0.325 e. The van der Waals surface area contributed by atoms with Gasteiger partial charge in [0.25, 0.3) is 5.69 Å². The van der Waals surface area contributed by atoms with E-state index in [0.29, 0.717) is 4.47 Å². The highest BCUT2D eigenvalue weighted by molar-refractivity contribution is 9.10. The monoisotopic (exact) mass is 345 g/mol. The van der Waals surface area contributed by atoms with Crippen LogP contribution in [0.4, 0.5) is 16.2 Å². The average Bonchev–Trinajstić information content (AvgIpc) is 2.39. The van der Waals surface area contributed by atoms with Crippen molar-refractivity contribution in [2.75, 3.05) is 18.5 Å². The van der Waals surface area contributed by atoms with E-state index < -0.39 is 16.9 Å². The number of carbonyl (C=O) groups is 2. The number of ether oxygens (including phenoxy) is 1. The quantitative estimate of drug-likeness (QED) is 0.482. The van der Waals surface area contributed by atoms with Gasteiger partial charge in [-0.3, -0.25) is 14.9 Å². The topological polar surface area (TPSA) is 111 Å². The maximum atomic E-state index is 11.5. The molecule has 0 spiro atoms. The Morgan fingerprint density at radius 3 is 2.75 bits per heavy atom. The Hall–Kier alpha value is -2.16. The third kappa shape index (κ3) is 4.84. The van der Waals surface area contributed by atoms with Crippen LogP contribution >= 0.6 is 15.9 Å². The van der Waals surface area contributed by atoms with E-state index in [4.69, 9.17) is 0 Å². The van der Waals surface area contributed by atoms with E-state index in [2.05, 4.69) is 31.3 Å². The van der Waals surface area contributed by atoms with Crippen molar-refractivity contribution in [3.63, 3.8) is 0 Å². The minimum atomic E-state index is -0.667. The van der Waals surface area contributed by atoms with E-state index >= 15 is 0 Å². The number of esters is 1. The molecule has 0 bridgehead atoms. The molecule has 1 rings (SSSR count). The van der Waals surface area contributed by atoms with Gasteiger partial charge in [0, 0.05) is 16.6 Å². The van der Waals surface area contributed by atoms with Crippen LogP contribution < -0.4 is 10.6 Å². The van der Waals surface area contributed by atoms with Gasteiger partial charge in [-0.2, -0.15) is 0 Å². The van der Waals surface area contributed by atoms with Crippen molar-refractivity contribution in [1.29, 1.82) is 0 Å². The number of rotatable bonds is 5. The van der Waals surface area contributed by atoms with E-state index in [1.807, 2.05) is 0 Å². The number of hydrogen-bond donors (Lipinski definition) is 2. The van der Waals surface area contributed by atoms with Crippen molar-refractivity contribution < 1.29 is 19.2 Å². The molecule has 0 aliphatic heterocycles. The van der Waals surface area contributed by atoms with Gasteiger partial charge >= 0.3 is 12.0 Å². The summed E-state index contributed by atoms with van der Waals surface area (Å²) in [5.41, 5.74) is 0.0643. The van der Waals surface area contributed by atoms with Crippen LogP contribution in [0.25, 0.3) is 0 Å². The molecule has 1 aromatic carbocycles. The van der Waals surface area contributed by atoms with Crippen molar-refractivity contribution in [3.05, 3.63) is 32.8 Å². The summed E-state index contributed by atoms with van der Waals surface area (Å²) in [4.78, 5) is 32.6. The van der Waals surface area contributed by atoms with Gasteiger partial charge in [-0.15, -0.1) is 0 Å². The molecule has 2 amide bonds. The molecule has 108 valence electrons. The van der Waals surface area contributed by atoms with Crippen LogP contribution in [-0.2, 0) is 9.53 Å². The normalized spacial score (nSPS) is 9.70. The van der Waals surface area contributed by atoms with Crippen LogP contribution in [0.3, 0.4) is 0 Å². The van der Waals surface area contributed by atoms with Crippen LogP contribution in [0.1, 0.15) is 6.92 Å². The van der Waals surface area contributed by atoms with Gasteiger partial charge in [0.2, 0.25) is 0 Å². The lowest BCUT2D eigenvalue weighted by atomic mass is 10.3. The number of benzene rings is 1. The van der Waals surface area contributed by atoms with Gasteiger partial charge < -0.3 is 15.4 Å². The molecule has 0 atom stereocenters. The van der Waals surface area contributed by atoms with Crippen molar-refractivity contribution in [1.82, 2.24) is 5.32 Å². The largest absolute Gasteiger partial charge is 0.465 e. The van der Waals surface area contributed by atoms with Gasteiger partial charge in [-0.1, -0.05) is 0 Å². The number of nitro groups is 1. The average molecular weight is 346 g/mol. The molecule has 8 nitrogen and oxygen atoms in total. The highest BCUT2D eigenvalue weighted by Gasteiger charge is 2.12. The number of amides is 2. The summed E-state index contributed by atoms with van der Waals surface area (Å²) in [6.45, 7) is 1.59. The lowest BCUT2D eigenvalue weighted by Crippen LogP contribution is -2.34. The lowest BCUT2D eigenvalue weighted by molar-refractivity contribution is -0.384. The Kier molecular flexibility index (Phi) is 5.91. The van der Waals surface area contributed by atoms with Gasteiger partial charge in [-0.25, -0.2) is 4.79 Å². The van der Waals surface area contributed by atoms with Crippen molar-refractivity contribution in [2.45, 2.75) is 6.92 Å². The van der Waals surface area contributed by atoms with Gasteiger partial charge in [0.15, 0.2) is 0 Å². The van der Waals surface area contributed by atoms with Crippen molar-refractivity contribution in [2.24, 2.45) is 0 Å². The third-order valence-electron chi connectivity index (χ3n) is 2.11. The molecule has 9 heteroatoms. The first-order valence-corrected chi connectivity index (χ1v) is 6.37. The van der Waals surface area contributed by atoms with Gasteiger partial charge in [-0.05, 0) is 28.9 Å². The minimum absolute atomic E-state index is 0.158. The standard InChI is InChI=1S/C11H12BrN3O5/c1-2-20-10(16)6-13-11(17)14-9-5-7(15(18)19)3-4-8(9)12/h3-5H,2,6H2,1H3,(H2,13,14,17). The van der Waals surface area contributed by atoms with E-state index in [1.54, 1.807) is 6.92 Å². The Morgan fingerprint density at radius 2 is 2.15 bits per heavy atom. The smallest absolute Gasteiger partial charge is 0.325 e. The van der Waals surface area contributed by atoms with E-state index in [1.165, 1.54) is 18.2 Å². The first kappa shape index (κ1) is 15.9. The second kappa shape index (κ2) is 7.43. The zero-order valence-corrected chi connectivity index (χ0v) is 12.1. The fourth-order valence-electron chi connectivity index (χ4n) is 1.25. The van der Waals surface area contributed by atoms with E-state index in [-0.39, 0.29) is 24.5 Å². The zero-order chi connectivity index (χ0) is 15.1. The van der Waals surface area contributed by atoms with Crippen LogP contribution in [0.5, 0.6) is 0 Å². The summed E-state index contributed by atoms with van der Waals surface area (Å²) in [7, 11) is 0. The molecule has 20 heavy (non-hydrogen) atoms. The number of nitrogens with one attached hydrogen (secondary N) is 2. The third-order valence-corrected chi connectivity index (χ3v) is 2.80. The predicted octanol–water partition coefficient (Wildman–Crippen LogP) is 2.04. The Bertz CT molecular complexity index is 535. The summed E-state index contributed by atoms with van der Waals surface area (Å²) in [5.74, 6) is -0.569. The predicted molar refractivity (Wildman–Crippen MR) is 74.5 cm³/mol. The number of halogens is 1. The number of hydrogen-bond acceptors (Lipinski definition) is 5. The molecule has 0 fully saturated rings. The molecular weight excluding hydrogens is 334 g/mol. The van der Waals surface area contributed by atoms with E-state index in [0.717, 1.165) is 0 Å². The highest BCUT2D eigenvalue weighted by atomic mass is 79.9. The Morgan fingerprint density at radius 1 is 1.45 bits per heavy atom. The molecular formula is C11H12BrN3O5. The maximum absolute atomic E-state index is 11.5. The summed E-state index contributed by atoms with van der Waals surface area (Å²) in [6.07, 6.45) is 0. The van der Waals surface area contributed by atoms with E-state index in [9.17, 15) is 19.7 Å². The summed E-state index contributed by atoms with van der Waals surface area (Å²) in [5, 5.41) is 15.3. The lowest BCUT2D eigenvalue weighted by Gasteiger charge is -2.08. The van der Waals surface area contributed by atoms with Crippen LogP contribution in [0.2, 0.25) is 0 Å². The molecule has 0 saturated carbocycles. The molecule has 2 N–H and O–H groups in total. The molecule has 0 aliphatic carbocycles. The number of nitro benzene ring substituents is 1. The summed E-state index contributed by atoms with van der Waals surface area (Å²) >= 11 is 3.16. The molecule has 0 aromatic heterocycles. The molecule has 0 aliphatic rings. The van der Waals surface area contributed by atoms with Crippen LogP contribution in [0, 0.1) is 10.1 Å². The van der Waals surface area contributed by atoms with Crippen molar-refractivity contribution >= 4 is 39.3 Å². The Balaban J connectivity index is 2.63.